The van der Waals surface area contributed by atoms with Crippen molar-refractivity contribution in [1.82, 2.24) is 10.2 Å². The topological polar surface area (TPSA) is 32.3 Å². The molecular weight excluding hydrogens is 320 g/mol. The van der Waals surface area contributed by atoms with Gasteiger partial charge in [0.2, 0.25) is 0 Å². The van der Waals surface area contributed by atoms with Crippen molar-refractivity contribution < 1.29 is 4.79 Å². The quantitative estimate of drug-likeness (QED) is 0.813. The molecule has 0 aliphatic carbocycles. The lowest BCUT2D eigenvalue weighted by Gasteiger charge is -2.20. The summed E-state index contributed by atoms with van der Waals surface area (Å²) >= 11 is 0. The first-order valence-corrected chi connectivity index (χ1v) is 9.76. The maximum Gasteiger partial charge on any atom is 0.251 e. The van der Waals surface area contributed by atoms with E-state index in [2.05, 4.69) is 61.3 Å². The van der Waals surface area contributed by atoms with Crippen LogP contribution >= 0.6 is 0 Å². The van der Waals surface area contributed by atoms with Gasteiger partial charge >= 0.3 is 0 Å². The Labute approximate surface area is 157 Å². The average molecular weight is 351 g/mol. The Morgan fingerprint density at radius 1 is 1.08 bits per heavy atom. The SMILES string of the molecule is CCC(NC(=O)c1ccc(CN2CCCC2)cc1)c1ccc(C)cc1C. The van der Waals surface area contributed by atoms with E-state index in [1.54, 1.807) is 0 Å². The van der Waals surface area contributed by atoms with Crippen LogP contribution in [0.1, 0.15) is 64.8 Å². The number of carbonyl (C=O) groups is 1. The van der Waals surface area contributed by atoms with E-state index in [4.69, 9.17) is 0 Å². The zero-order valence-electron chi connectivity index (χ0n) is 16.2. The summed E-state index contributed by atoms with van der Waals surface area (Å²) in [6, 6.07) is 14.6. The molecular formula is C23H30N2O. The van der Waals surface area contributed by atoms with Gasteiger partial charge in [-0.05, 0) is 75.0 Å². The van der Waals surface area contributed by atoms with Gasteiger partial charge in [-0.3, -0.25) is 9.69 Å². The Morgan fingerprint density at radius 2 is 1.77 bits per heavy atom. The highest BCUT2D eigenvalue weighted by Gasteiger charge is 2.16. The normalized spacial score (nSPS) is 15.8. The van der Waals surface area contributed by atoms with E-state index in [1.807, 2.05) is 12.1 Å². The second-order valence-corrected chi connectivity index (χ2v) is 7.47. The highest BCUT2D eigenvalue weighted by molar-refractivity contribution is 5.94. The fraction of sp³-hybridized carbons (Fsp3) is 0.435. The van der Waals surface area contributed by atoms with Gasteiger partial charge in [0.25, 0.3) is 5.91 Å². The van der Waals surface area contributed by atoms with Crippen molar-refractivity contribution >= 4 is 5.91 Å². The lowest BCUT2D eigenvalue weighted by atomic mass is 9.97. The van der Waals surface area contributed by atoms with E-state index in [9.17, 15) is 4.79 Å². The average Bonchev–Trinajstić information content (AvgIpc) is 3.13. The first-order valence-electron chi connectivity index (χ1n) is 9.76. The molecule has 0 bridgehead atoms. The van der Waals surface area contributed by atoms with Crippen molar-refractivity contribution in [1.29, 1.82) is 0 Å². The van der Waals surface area contributed by atoms with Crippen LogP contribution in [0.3, 0.4) is 0 Å². The second kappa shape index (κ2) is 8.50. The molecule has 26 heavy (non-hydrogen) atoms. The number of rotatable bonds is 6. The third-order valence-corrected chi connectivity index (χ3v) is 5.34. The molecule has 0 saturated carbocycles. The fourth-order valence-electron chi connectivity index (χ4n) is 3.82. The Balaban J connectivity index is 1.65. The van der Waals surface area contributed by atoms with Crippen LogP contribution in [0.4, 0.5) is 0 Å². The van der Waals surface area contributed by atoms with Crippen LogP contribution < -0.4 is 5.32 Å². The van der Waals surface area contributed by atoms with Crippen LogP contribution in [0.2, 0.25) is 0 Å². The van der Waals surface area contributed by atoms with E-state index in [1.165, 1.54) is 48.2 Å². The van der Waals surface area contributed by atoms with Gasteiger partial charge in [0.15, 0.2) is 0 Å². The Kier molecular flexibility index (Phi) is 6.10. The van der Waals surface area contributed by atoms with E-state index in [0.29, 0.717) is 0 Å². The standard InChI is InChI=1S/C23H30N2O/c1-4-22(21-12-7-17(2)15-18(21)3)24-23(26)20-10-8-19(9-11-20)16-25-13-5-6-14-25/h7-12,15,22H,4-6,13-14,16H2,1-3H3,(H,24,26). The summed E-state index contributed by atoms with van der Waals surface area (Å²) in [6.45, 7) is 9.70. The maximum atomic E-state index is 12.7. The molecule has 1 aliphatic rings. The summed E-state index contributed by atoms with van der Waals surface area (Å²) < 4.78 is 0. The Morgan fingerprint density at radius 3 is 2.38 bits per heavy atom. The third kappa shape index (κ3) is 4.53. The maximum absolute atomic E-state index is 12.7. The van der Waals surface area contributed by atoms with Crippen LogP contribution in [-0.4, -0.2) is 23.9 Å². The summed E-state index contributed by atoms with van der Waals surface area (Å²) in [5.74, 6) is 0.00421. The molecule has 1 amide bonds. The molecule has 138 valence electrons. The molecule has 0 radical (unpaired) electrons. The molecule has 1 fully saturated rings. The highest BCUT2D eigenvalue weighted by Crippen LogP contribution is 2.22. The number of nitrogens with one attached hydrogen (secondary N) is 1. The molecule has 2 aromatic rings. The number of hydrogen-bond acceptors (Lipinski definition) is 2. The minimum absolute atomic E-state index is 0.00421. The second-order valence-electron chi connectivity index (χ2n) is 7.47. The number of hydrogen-bond donors (Lipinski definition) is 1. The smallest absolute Gasteiger partial charge is 0.251 e. The third-order valence-electron chi connectivity index (χ3n) is 5.34. The first kappa shape index (κ1) is 18.7. The van der Waals surface area contributed by atoms with Crippen LogP contribution in [0, 0.1) is 13.8 Å². The Bertz CT molecular complexity index is 745. The van der Waals surface area contributed by atoms with Gasteiger partial charge in [-0.2, -0.15) is 0 Å². The molecule has 1 N–H and O–H groups in total. The molecule has 2 aromatic carbocycles. The van der Waals surface area contributed by atoms with Gasteiger partial charge in [-0.1, -0.05) is 42.8 Å². The number of benzene rings is 2. The van der Waals surface area contributed by atoms with Gasteiger partial charge in [0, 0.05) is 12.1 Å². The van der Waals surface area contributed by atoms with Gasteiger partial charge in [-0.15, -0.1) is 0 Å². The van der Waals surface area contributed by atoms with E-state index >= 15 is 0 Å². The van der Waals surface area contributed by atoms with Crippen molar-refractivity contribution in [2.24, 2.45) is 0 Å². The summed E-state index contributed by atoms with van der Waals surface area (Å²) in [5, 5.41) is 3.20. The summed E-state index contributed by atoms with van der Waals surface area (Å²) in [7, 11) is 0. The van der Waals surface area contributed by atoms with Gasteiger partial charge < -0.3 is 5.32 Å². The lowest BCUT2D eigenvalue weighted by molar-refractivity contribution is 0.0935. The van der Waals surface area contributed by atoms with Crippen molar-refractivity contribution in [3.05, 3.63) is 70.3 Å². The minimum atomic E-state index is 0.00421. The van der Waals surface area contributed by atoms with Crippen molar-refractivity contribution in [3.8, 4) is 0 Å². The monoisotopic (exact) mass is 350 g/mol. The molecule has 1 saturated heterocycles. The van der Waals surface area contributed by atoms with Gasteiger partial charge in [-0.25, -0.2) is 0 Å². The van der Waals surface area contributed by atoms with Crippen molar-refractivity contribution in [2.45, 2.75) is 52.6 Å². The largest absolute Gasteiger partial charge is 0.345 e. The fourth-order valence-corrected chi connectivity index (χ4v) is 3.82. The van der Waals surface area contributed by atoms with E-state index in [0.717, 1.165) is 18.5 Å². The predicted octanol–water partition coefficient (Wildman–Crippen LogP) is 4.78. The summed E-state index contributed by atoms with van der Waals surface area (Å²) in [4.78, 5) is 15.2. The summed E-state index contributed by atoms with van der Waals surface area (Å²) in [5.41, 5.74) is 5.71. The van der Waals surface area contributed by atoms with Crippen LogP contribution in [0.5, 0.6) is 0 Å². The number of likely N-dealkylation sites (tertiary alicyclic amines) is 1. The number of aryl methyl sites for hydroxylation is 2. The first-order chi connectivity index (χ1) is 12.6. The molecule has 1 heterocycles. The minimum Gasteiger partial charge on any atom is -0.345 e. The molecule has 3 nitrogen and oxygen atoms in total. The molecule has 0 spiro atoms. The van der Waals surface area contributed by atoms with Crippen LogP contribution in [-0.2, 0) is 6.54 Å². The zero-order chi connectivity index (χ0) is 18.5. The van der Waals surface area contributed by atoms with Gasteiger partial charge in [0.05, 0.1) is 6.04 Å². The number of amides is 1. The van der Waals surface area contributed by atoms with Gasteiger partial charge in [0.1, 0.15) is 0 Å². The van der Waals surface area contributed by atoms with Crippen LogP contribution in [0.15, 0.2) is 42.5 Å². The number of nitrogens with zero attached hydrogens (tertiary/aromatic N) is 1. The molecule has 1 atom stereocenters. The van der Waals surface area contributed by atoms with Crippen molar-refractivity contribution in [3.63, 3.8) is 0 Å². The molecule has 1 aliphatic heterocycles. The molecule has 1 unspecified atom stereocenters. The highest BCUT2D eigenvalue weighted by atomic mass is 16.1. The molecule has 3 rings (SSSR count). The number of carbonyl (C=O) groups excluding carboxylic acids is 1. The van der Waals surface area contributed by atoms with Crippen LogP contribution in [0.25, 0.3) is 0 Å². The van der Waals surface area contributed by atoms with E-state index < -0.39 is 0 Å². The Hall–Kier alpha value is -2.13. The van der Waals surface area contributed by atoms with Crippen molar-refractivity contribution in [2.75, 3.05) is 13.1 Å². The zero-order valence-corrected chi connectivity index (χ0v) is 16.2. The lowest BCUT2D eigenvalue weighted by Crippen LogP contribution is -2.28. The van der Waals surface area contributed by atoms with E-state index in [-0.39, 0.29) is 11.9 Å². The molecule has 0 aromatic heterocycles. The predicted molar refractivity (Wildman–Crippen MR) is 107 cm³/mol. The summed E-state index contributed by atoms with van der Waals surface area (Å²) in [6.07, 6.45) is 3.48. The molecule has 3 heteroatoms.